The van der Waals surface area contributed by atoms with Crippen LogP contribution in [0.25, 0.3) is 0 Å². The minimum atomic E-state index is -0.692. The number of hydrogen-bond acceptors (Lipinski definition) is 6. The summed E-state index contributed by atoms with van der Waals surface area (Å²) < 4.78 is 5.75. The molecule has 0 radical (unpaired) electrons. The van der Waals surface area contributed by atoms with Gasteiger partial charge in [-0.3, -0.25) is 14.6 Å². The third kappa shape index (κ3) is 6.28. The summed E-state index contributed by atoms with van der Waals surface area (Å²) in [7, 11) is 0. The summed E-state index contributed by atoms with van der Waals surface area (Å²) in [6.07, 6.45) is 1.58. The highest BCUT2D eigenvalue weighted by molar-refractivity contribution is 5.82. The van der Waals surface area contributed by atoms with Crippen LogP contribution in [0.4, 0.5) is 0 Å². The molecule has 9 nitrogen and oxygen atoms in total. The Balaban J connectivity index is 1.48. The maximum Gasteiger partial charge on any atom is 0.342 e. The third-order valence-corrected chi connectivity index (χ3v) is 3.88. The molecule has 3 N–H and O–H groups in total. The van der Waals surface area contributed by atoms with Crippen molar-refractivity contribution in [2.24, 2.45) is 5.10 Å². The normalized spacial score (nSPS) is 10.8. The Morgan fingerprint density at radius 2 is 1.97 bits per heavy atom. The summed E-state index contributed by atoms with van der Waals surface area (Å²) in [5.74, 6) is 0.303. The lowest BCUT2D eigenvalue weighted by Gasteiger charge is -2.06. The van der Waals surface area contributed by atoms with Gasteiger partial charge in [-0.15, -0.1) is 0 Å². The van der Waals surface area contributed by atoms with Crippen LogP contribution in [0.15, 0.2) is 69.3 Å². The summed E-state index contributed by atoms with van der Waals surface area (Å²) in [5.41, 5.74) is 2.98. The molecule has 0 atom stereocenters. The number of carbonyl (C=O) groups is 1. The number of H-pyrrole nitrogens is 2. The Morgan fingerprint density at radius 1 is 1.14 bits per heavy atom. The lowest BCUT2D eigenvalue weighted by atomic mass is 10.2. The zero-order valence-electron chi connectivity index (χ0n) is 15.4. The number of benzene rings is 2. The maximum absolute atomic E-state index is 11.8. The largest absolute Gasteiger partial charge is 0.489 e. The first-order valence-electron chi connectivity index (χ1n) is 8.87. The van der Waals surface area contributed by atoms with Crippen molar-refractivity contribution in [3.8, 4) is 5.75 Å². The Morgan fingerprint density at radius 3 is 2.76 bits per heavy atom. The number of amides is 1. The van der Waals surface area contributed by atoms with Gasteiger partial charge in [-0.2, -0.15) is 10.2 Å². The van der Waals surface area contributed by atoms with E-state index in [0.717, 1.165) is 11.1 Å². The number of hydrazone groups is 1. The first-order valence-corrected chi connectivity index (χ1v) is 8.87. The highest BCUT2D eigenvalue weighted by atomic mass is 16.5. The van der Waals surface area contributed by atoms with Gasteiger partial charge >= 0.3 is 5.69 Å². The highest BCUT2D eigenvalue weighted by Crippen LogP contribution is 2.14. The first kappa shape index (κ1) is 19.7. The van der Waals surface area contributed by atoms with Crippen molar-refractivity contribution in [2.75, 3.05) is 0 Å². The number of aryl methyl sites for hydroxylation is 1. The fourth-order valence-corrected chi connectivity index (χ4v) is 2.43. The SMILES string of the molecule is O=C(CCc1n[nH]c(=O)[nH]c1=O)N/N=C/c1cccc(OCc2ccccc2)c1. The predicted octanol–water partition coefficient (Wildman–Crippen LogP) is 1.12. The molecule has 9 heteroatoms. The summed E-state index contributed by atoms with van der Waals surface area (Å²) in [6.45, 7) is 0.454. The van der Waals surface area contributed by atoms with Crippen molar-refractivity contribution in [2.45, 2.75) is 19.4 Å². The molecule has 1 heterocycles. The van der Waals surface area contributed by atoms with E-state index in [4.69, 9.17) is 4.74 Å². The van der Waals surface area contributed by atoms with E-state index in [1.54, 1.807) is 0 Å². The third-order valence-electron chi connectivity index (χ3n) is 3.88. The van der Waals surface area contributed by atoms with E-state index in [1.807, 2.05) is 54.6 Å². The molecule has 148 valence electrons. The van der Waals surface area contributed by atoms with E-state index in [2.05, 4.69) is 25.7 Å². The van der Waals surface area contributed by atoms with E-state index in [9.17, 15) is 14.4 Å². The topological polar surface area (TPSA) is 129 Å². The van der Waals surface area contributed by atoms with E-state index < -0.39 is 11.2 Å². The van der Waals surface area contributed by atoms with Gasteiger partial charge < -0.3 is 4.74 Å². The van der Waals surface area contributed by atoms with E-state index >= 15 is 0 Å². The van der Waals surface area contributed by atoms with Crippen LogP contribution >= 0.6 is 0 Å². The minimum absolute atomic E-state index is 0.000307. The monoisotopic (exact) mass is 393 g/mol. The van der Waals surface area contributed by atoms with Gasteiger partial charge in [0.1, 0.15) is 18.1 Å². The smallest absolute Gasteiger partial charge is 0.342 e. The van der Waals surface area contributed by atoms with Gasteiger partial charge in [0.15, 0.2) is 0 Å². The molecule has 2 aromatic carbocycles. The van der Waals surface area contributed by atoms with Gasteiger partial charge in [0.2, 0.25) is 5.91 Å². The van der Waals surface area contributed by atoms with E-state index in [0.29, 0.717) is 12.4 Å². The number of nitrogens with one attached hydrogen (secondary N) is 3. The Labute approximate surface area is 165 Å². The van der Waals surface area contributed by atoms with Crippen LogP contribution in [0.5, 0.6) is 5.75 Å². The molecule has 0 unspecified atom stereocenters. The second-order valence-corrected chi connectivity index (χ2v) is 6.09. The van der Waals surface area contributed by atoms with Crippen LogP contribution in [-0.4, -0.2) is 27.3 Å². The van der Waals surface area contributed by atoms with Crippen molar-refractivity contribution < 1.29 is 9.53 Å². The van der Waals surface area contributed by atoms with Crippen molar-refractivity contribution in [3.05, 3.63) is 92.3 Å². The van der Waals surface area contributed by atoms with Crippen LogP contribution in [-0.2, 0) is 17.8 Å². The van der Waals surface area contributed by atoms with Crippen molar-refractivity contribution in [3.63, 3.8) is 0 Å². The average molecular weight is 393 g/mol. The molecular weight excluding hydrogens is 374 g/mol. The molecule has 0 fully saturated rings. The predicted molar refractivity (Wildman–Crippen MR) is 107 cm³/mol. The molecule has 0 aliphatic heterocycles. The fourth-order valence-electron chi connectivity index (χ4n) is 2.43. The zero-order valence-corrected chi connectivity index (χ0v) is 15.4. The van der Waals surface area contributed by atoms with Gasteiger partial charge in [0.25, 0.3) is 5.56 Å². The molecule has 0 saturated carbocycles. The van der Waals surface area contributed by atoms with Crippen molar-refractivity contribution in [1.82, 2.24) is 20.6 Å². The van der Waals surface area contributed by atoms with Crippen LogP contribution in [0.3, 0.4) is 0 Å². The molecule has 1 amide bonds. The van der Waals surface area contributed by atoms with E-state index in [-0.39, 0.29) is 24.4 Å². The van der Waals surface area contributed by atoms with Gasteiger partial charge in [-0.25, -0.2) is 15.3 Å². The summed E-state index contributed by atoms with van der Waals surface area (Å²) in [6, 6.07) is 17.1. The van der Waals surface area contributed by atoms with Crippen molar-refractivity contribution >= 4 is 12.1 Å². The van der Waals surface area contributed by atoms with E-state index in [1.165, 1.54) is 6.21 Å². The highest BCUT2D eigenvalue weighted by Gasteiger charge is 2.06. The Hall–Kier alpha value is -4.01. The lowest BCUT2D eigenvalue weighted by Crippen LogP contribution is -2.28. The number of carbonyl (C=O) groups excluding carboxylic acids is 1. The zero-order chi connectivity index (χ0) is 20.5. The second kappa shape index (κ2) is 9.79. The molecule has 0 aliphatic rings. The second-order valence-electron chi connectivity index (χ2n) is 6.09. The molecule has 3 aromatic rings. The van der Waals surface area contributed by atoms with Crippen LogP contribution in [0, 0.1) is 0 Å². The van der Waals surface area contributed by atoms with Crippen molar-refractivity contribution in [1.29, 1.82) is 0 Å². The fraction of sp³-hybridized carbons (Fsp3) is 0.150. The number of nitrogens with zero attached hydrogens (tertiary/aromatic N) is 2. The van der Waals surface area contributed by atoms with Gasteiger partial charge in [0.05, 0.1) is 6.21 Å². The molecule has 0 saturated heterocycles. The van der Waals surface area contributed by atoms with Crippen LogP contribution in [0.2, 0.25) is 0 Å². The number of ether oxygens (including phenoxy) is 1. The number of aromatic nitrogens is 3. The Bertz CT molecular complexity index is 1110. The van der Waals surface area contributed by atoms with Gasteiger partial charge in [0, 0.05) is 12.8 Å². The minimum Gasteiger partial charge on any atom is -0.489 e. The van der Waals surface area contributed by atoms with Gasteiger partial charge in [-0.05, 0) is 23.3 Å². The Kier molecular flexibility index (Phi) is 6.66. The molecular formula is C20H19N5O4. The molecule has 0 aliphatic carbocycles. The molecule has 29 heavy (non-hydrogen) atoms. The summed E-state index contributed by atoms with van der Waals surface area (Å²) in [4.78, 5) is 36.3. The number of hydrogen-bond donors (Lipinski definition) is 3. The molecule has 3 rings (SSSR count). The van der Waals surface area contributed by atoms with Gasteiger partial charge in [-0.1, -0.05) is 42.5 Å². The first-order chi connectivity index (χ1) is 14.1. The van der Waals surface area contributed by atoms with Crippen LogP contribution in [0.1, 0.15) is 23.2 Å². The summed E-state index contributed by atoms with van der Waals surface area (Å²) >= 11 is 0. The standard InChI is InChI=1S/C20H19N5O4/c26-18(10-9-17-19(27)22-20(28)25-23-17)24-21-12-15-7-4-8-16(11-15)29-13-14-5-2-1-3-6-14/h1-8,11-12H,9-10,13H2,(H,24,26)(H2,22,25,27,28)/b21-12+. The molecule has 0 spiro atoms. The number of rotatable bonds is 8. The molecule has 1 aromatic heterocycles. The average Bonchev–Trinajstić information content (AvgIpc) is 2.73. The number of aromatic amines is 2. The quantitative estimate of drug-likeness (QED) is 0.390. The lowest BCUT2D eigenvalue weighted by molar-refractivity contribution is -0.121. The maximum atomic E-state index is 11.8. The van der Waals surface area contributed by atoms with Crippen LogP contribution < -0.4 is 21.4 Å². The molecule has 0 bridgehead atoms. The summed E-state index contributed by atoms with van der Waals surface area (Å²) in [5, 5.41) is 9.64.